The standard InChI is InChI=1S/C22H35N3O5/c1-13(19(28)24-20(29)25-21(2,3)4)30-18(27)12-23-17(26)11-22-8-14-5-15(9-22)7-16(6-14)10-22/h13-16H,5-12H2,1-4H3,(H,23,26)(H2,24,25,28,29)/t13-,14?,15?,16?,22?/m1/s1. The highest BCUT2D eigenvalue weighted by Crippen LogP contribution is 2.61. The van der Waals surface area contributed by atoms with Crippen LogP contribution < -0.4 is 16.0 Å². The highest BCUT2D eigenvalue weighted by molar-refractivity contribution is 5.97. The summed E-state index contributed by atoms with van der Waals surface area (Å²) in [6, 6.07) is -0.653. The molecule has 4 aliphatic carbocycles. The van der Waals surface area contributed by atoms with Crippen LogP contribution in [0.1, 0.15) is 72.6 Å². The Bertz CT molecular complexity index is 677. The van der Waals surface area contributed by atoms with Gasteiger partial charge < -0.3 is 15.4 Å². The molecule has 0 heterocycles. The molecule has 4 aliphatic rings. The third-order valence-corrected chi connectivity index (χ3v) is 6.53. The molecule has 4 amide bonds. The summed E-state index contributed by atoms with van der Waals surface area (Å²) in [5.74, 6) is 0.755. The van der Waals surface area contributed by atoms with Crippen LogP contribution in [0.3, 0.4) is 0 Å². The summed E-state index contributed by atoms with van der Waals surface area (Å²) in [5.41, 5.74) is -0.387. The lowest BCUT2D eigenvalue weighted by Crippen LogP contribution is -2.51. The summed E-state index contributed by atoms with van der Waals surface area (Å²) in [5, 5.41) is 7.38. The van der Waals surface area contributed by atoms with Crippen molar-refractivity contribution in [1.82, 2.24) is 16.0 Å². The van der Waals surface area contributed by atoms with Crippen molar-refractivity contribution >= 4 is 23.8 Å². The van der Waals surface area contributed by atoms with Crippen LogP contribution in [0.2, 0.25) is 0 Å². The molecule has 0 aromatic heterocycles. The van der Waals surface area contributed by atoms with Crippen molar-refractivity contribution < 1.29 is 23.9 Å². The number of nitrogens with one attached hydrogen (secondary N) is 3. The largest absolute Gasteiger partial charge is 0.451 e. The van der Waals surface area contributed by atoms with Gasteiger partial charge in [-0.1, -0.05) is 0 Å². The Hall–Kier alpha value is -2.12. The minimum absolute atomic E-state index is 0.107. The first-order chi connectivity index (χ1) is 13.9. The molecule has 8 heteroatoms. The number of carbonyl (C=O) groups is 4. The Morgan fingerprint density at radius 2 is 1.53 bits per heavy atom. The van der Waals surface area contributed by atoms with E-state index in [-0.39, 0.29) is 17.9 Å². The second kappa shape index (κ2) is 8.55. The van der Waals surface area contributed by atoms with Crippen LogP contribution in [0, 0.1) is 23.2 Å². The average molecular weight is 422 g/mol. The smallest absolute Gasteiger partial charge is 0.326 e. The maximum atomic E-state index is 12.5. The minimum Gasteiger partial charge on any atom is -0.451 e. The first-order valence-electron chi connectivity index (χ1n) is 11.0. The molecule has 0 aromatic carbocycles. The Morgan fingerprint density at radius 3 is 2.03 bits per heavy atom. The molecular weight excluding hydrogens is 386 g/mol. The third kappa shape index (κ3) is 5.95. The Morgan fingerprint density at radius 1 is 1.00 bits per heavy atom. The van der Waals surface area contributed by atoms with E-state index in [1.54, 1.807) is 20.8 Å². The second-order valence-corrected chi connectivity index (χ2v) is 10.7. The summed E-state index contributed by atoms with van der Waals surface area (Å²) >= 11 is 0. The average Bonchev–Trinajstić information content (AvgIpc) is 2.56. The van der Waals surface area contributed by atoms with Crippen LogP contribution >= 0.6 is 0 Å². The molecule has 0 radical (unpaired) electrons. The fourth-order valence-electron chi connectivity index (χ4n) is 5.96. The molecule has 0 saturated heterocycles. The van der Waals surface area contributed by atoms with E-state index in [1.807, 2.05) is 0 Å². The zero-order chi connectivity index (χ0) is 22.1. The predicted molar refractivity (Wildman–Crippen MR) is 110 cm³/mol. The van der Waals surface area contributed by atoms with Crippen LogP contribution in [-0.2, 0) is 19.1 Å². The van der Waals surface area contributed by atoms with Crippen LogP contribution in [0.5, 0.6) is 0 Å². The second-order valence-electron chi connectivity index (χ2n) is 10.7. The van der Waals surface area contributed by atoms with Crippen molar-refractivity contribution in [3.63, 3.8) is 0 Å². The number of carbonyl (C=O) groups excluding carboxylic acids is 4. The van der Waals surface area contributed by atoms with Crippen molar-refractivity contribution in [2.24, 2.45) is 23.2 Å². The van der Waals surface area contributed by atoms with Crippen molar-refractivity contribution in [1.29, 1.82) is 0 Å². The maximum Gasteiger partial charge on any atom is 0.326 e. The lowest BCUT2D eigenvalue weighted by molar-refractivity contribution is -0.154. The zero-order valence-electron chi connectivity index (χ0n) is 18.5. The molecule has 0 unspecified atom stereocenters. The monoisotopic (exact) mass is 421 g/mol. The number of imide groups is 1. The first-order valence-corrected chi connectivity index (χ1v) is 11.0. The Balaban J connectivity index is 1.38. The molecule has 4 rings (SSSR count). The van der Waals surface area contributed by atoms with Gasteiger partial charge >= 0.3 is 12.0 Å². The molecule has 1 atom stereocenters. The topological polar surface area (TPSA) is 114 Å². The first kappa shape index (κ1) is 22.6. The molecule has 4 saturated carbocycles. The summed E-state index contributed by atoms with van der Waals surface area (Å²) in [7, 11) is 0. The van der Waals surface area contributed by atoms with E-state index in [1.165, 1.54) is 26.2 Å². The van der Waals surface area contributed by atoms with E-state index in [4.69, 9.17) is 4.74 Å². The van der Waals surface area contributed by atoms with Crippen LogP contribution in [-0.4, -0.2) is 42.0 Å². The lowest BCUT2D eigenvalue weighted by Gasteiger charge is -2.56. The molecule has 0 aliphatic heterocycles. The van der Waals surface area contributed by atoms with E-state index >= 15 is 0 Å². The molecule has 30 heavy (non-hydrogen) atoms. The number of amides is 4. The van der Waals surface area contributed by atoms with E-state index in [0.29, 0.717) is 6.42 Å². The number of ether oxygens (including phenoxy) is 1. The summed E-state index contributed by atoms with van der Waals surface area (Å²) in [6.07, 6.45) is 6.68. The van der Waals surface area contributed by atoms with E-state index < -0.39 is 29.6 Å². The fraction of sp³-hybridized carbons (Fsp3) is 0.818. The van der Waals surface area contributed by atoms with E-state index in [9.17, 15) is 19.2 Å². The van der Waals surface area contributed by atoms with E-state index in [0.717, 1.165) is 37.0 Å². The van der Waals surface area contributed by atoms with Gasteiger partial charge in [0.05, 0.1) is 0 Å². The van der Waals surface area contributed by atoms with Gasteiger partial charge in [-0.3, -0.25) is 19.7 Å². The molecule has 168 valence electrons. The number of hydrogen-bond donors (Lipinski definition) is 3. The highest BCUT2D eigenvalue weighted by Gasteiger charge is 2.51. The summed E-state index contributed by atoms with van der Waals surface area (Å²) in [6.45, 7) is 6.46. The van der Waals surface area contributed by atoms with Gasteiger partial charge in [0.2, 0.25) is 5.91 Å². The van der Waals surface area contributed by atoms with Gasteiger partial charge in [-0.2, -0.15) is 0 Å². The lowest BCUT2D eigenvalue weighted by atomic mass is 9.49. The van der Waals surface area contributed by atoms with Gasteiger partial charge in [-0.05, 0) is 89.4 Å². The quantitative estimate of drug-likeness (QED) is 0.569. The van der Waals surface area contributed by atoms with Gasteiger partial charge in [0.25, 0.3) is 5.91 Å². The fourth-order valence-corrected chi connectivity index (χ4v) is 5.96. The Labute approximate surface area is 178 Å². The van der Waals surface area contributed by atoms with Crippen LogP contribution in [0.15, 0.2) is 0 Å². The van der Waals surface area contributed by atoms with Gasteiger partial charge in [0.1, 0.15) is 6.54 Å². The van der Waals surface area contributed by atoms with Crippen LogP contribution in [0.25, 0.3) is 0 Å². The summed E-state index contributed by atoms with van der Waals surface area (Å²) < 4.78 is 5.04. The van der Waals surface area contributed by atoms with Gasteiger partial charge in [-0.15, -0.1) is 0 Å². The summed E-state index contributed by atoms with van der Waals surface area (Å²) in [4.78, 5) is 48.2. The molecule has 4 fully saturated rings. The van der Waals surface area contributed by atoms with Crippen molar-refractivity contribution in [2.45, 2.75) is 84.3 Å². The highest BCUT2D eigenvalue weighted by atomic mass is 16.5. The van der Waals surface area contributed by atoms with Gasteiger partial charge in [0.15, 0.2) is 6.10 Å². The van der Waals surface area contributed by atoms with Gasteiger partial charge in [0, 0.05) is 12.0 Å². The number of urea groups is 1. The molecule has 4 bridgehead atoms. The Kier molecular flexibility index (Phi) is 6.43. The molecule has 0 aromatic rings. The van der Waals surface area contributed by atoms with Crippen molar-refractivity contribution in [3.8, 4) is 0 Å². The van der Waals surface area contributed by atoms with Gasteiger partial charge in [-0.25, -0.2) is 4.79 Å². The predicted octanol–water partition coefficient (Wildman–Crippen LogP) is 2.27. The third-order valence-electron chi connectivity index (χ3n) is 6.53. The normalized spacial score (nSPS) is 30.3. The molecule has 0 spiro atoms. The number of rotatable bonds is 6. The van der Waals surface area contributed by atoms with Crippen molar-refractivity contribution in [3.05, 3.63) is 0 Å². The number of esters is 1. The van der Waals surface area contributed by atoms with Crippen LogP contribution in [0.4, 0.5) is 4.79 Å². The number of hydrogen-bond acceptors (Lipinski definition) is 5. The molecule has 3 N–H and O–H groups in total. The van der Waals surface area contributed by atoms with Crippen molar-refractivity contribution in [2.75, 3.05) is 6.54 Å². The SMILES string of the molecule is C[C@@H](OC(=O)CNC(=O)CC12CC3CC(CC(C3)C1)C2)C(=O)NC(=O)NC(C)(C)C. The molecular formula is C22H35N3O5. The molecule has 8 nitrogen and oxygen atoms in total. The van der Waals surface area contributed by atoms with E-state index in [2.05, 4.69) is 16.0 Å². The zero-order valence-corrected chi connectivity index (χ0v) is 18.5. The maximum absolute atomic E-state index is 12.5. The minimum atomic E-state index is -1.14.